The lowest BCUT2D eigenvalue weighted by atomic mass is 9.93. The van der Waals surface area contributed by atoms with Crippen LogP contribution in [0.25, 0.3) is 0 Å². The molecule has 2 N–H and O–H groups in total. The molecule has 1 saturated heterocycles. The first-order valence-corrected chi connectivity index (χ1v) is 6.51. The first-order chi connectivity index (χ1) is 9.13. The fourth-order valence-electron chi connectivity index (χ4n) is 2.64. The molecular weight excluding hydrogens is 249 g/mol. The van der Waals surface area contributed by atoms with Crippen molar-refractivity contribution in [1.82, 2.24) is 0 Å². The molecule has 6 heteroatoms. The second-order valence-electron chi connectivity index (χ2n) is 4.87. The average Bonchev–Trinajstić information content (AvgIpc) is 2.39. The Balaban J connectivity index is 2.15. The number of hydrogen-bond donors (Lipinski definition) is 1. The minimum atomic E-state index is -0.772. The number of halogens is 1. The van der Waals surface area contributed by atoms with Gasteiger partial charge in [0.15, 0.2) is 0 Å². The second-order valence-corrected chi connectivity index (χ2v) is 4.87. The Labute approximate surface area is 111 Å². The molecule has 1 aliphatic heterocycles. The molecule has 5 nitrogen and oxygen atoms in total. The standard InChI is InChI=1S/C13H18FN3O2/c14-11-2-1-3-12(13(11)17(18)19)16-8-5-10(4-7-15)6-9-16/h1-3,10H,4-9,15H2. The molecule has 104 valence electrons. The van der Waals surface area contributed by atoms with Crippen LogP contribution in [-0.2, 0) is 0 Å². The van der Waals surface area contributed by atoms with Gasteiger partial charge in [-0.2, -0.15) is 4.39 Å². The summed E-state index contributed by atoms with van der Waals surface area (Å²) in [6, 6.07) is 4.26. The number of para-hydroxylation sites is 1. The quantitative estimate of drug-likeness (QED) is 0.671. The van der Waals surface area contributed by atoms with Gasteiger partial charge in [-0.25, -0.2) is 0 Å². The molecular formula is C13H18FN3O2. The number of rotatable bonds is 4. The summed E-state index contributed by atoms with van der Waals surface area (Å²) in [5.74, 6) is -0.194. The van der Waals surface area contributed by atoms with Crippen molar-refractivity contribution in [3.63, 3.8) is 0 Å². The number of anilines is 1. The zero-order valence-corrected chi connectivity index (χ0v) is 10.7. The molecule has 1 aromatic carbocycles. The maximum atomic E-state index is 13.6. The highest BCUT2D eigenvalue weighted by atomic mass is 19.1. The molecule has 0 amide bonds. The fourth-order valence-corrected chi connectivity index (χ4v) is 2.64. The summed E-state index contributed by atoms with van der Waals surface area (Å²) < 4.78 is 13.6. The number of hydrogen-bond acceptors (Lipinski definition) is 4. The minimum Gasteiger partial charge on any atom is -0.366 e. The normalized spacial score (nSPS) is 16.6. The van der Waals surface area contributed by atoms with Gasteiger partial charge >= 0.3 is 5.69 Å². The van der Waals surface area contributed by atoms with Crippen LogP contribution in [0.15, 0.2) is 18.2 Å². The van der Waals surface area contributed by atoms with Gasteiger partial charge in [0, 0.05) is 13.1 Å². The Hall–Kier alpha value is -1.69. The van der Waals surface area contributed by atoms with Gasteiger partial charge in [-0.1, -0.05) is 6.07 Å². The van der Waals surface area contributed by atoms with Gasteiger partial charge < -0.3 is 10.6 Å². The first-order valence-electron chi connectivity index (χ1n) is 6.51. The summed E-state index contributed by atoms with van der Waals surface area (Å²) in [5.41, 5.74) is 5.50. The van der Waals surface area contributed by atoms with Crippen LogP contribution < -0.4 is 10.6 Å². The predicted molar refractivity (Wildman–Crippen MR) is 71.7 cm³/mol. The van der Waals surface area contributed by atoms with Crippen LogP contribution >= 0.6 is 0 Å². The fraction of sp³-hybridized carbons (Fsp3) is 0.538. The molecule has 2 rings (SSSR count). The third-order valence-corrected chi connectivity index (χ3v) is 3.68. The van der Waals surface area contributed by atoms with E-state index in [-0.39, 0.29) is 0 Å². The monoisotopic (exact) mass is 267 g/mol. The van der Waals surface area contributed by atoms with E-state index in [1.165, 1.54) is 6.07 Å². The topological polar surface area (TPSA) is 72.4 Å². The van der Waals surface area contributed by atoms with Crippen LogP contribution in [-0.4, -0.2) is 24.6 Å². The zero-order valence-electron chi connectivity index (χ0n) is 10.7. The molecule has 0 unspecified atom stereocenters. The lowest BCUT2D eigenvalue weighted by Gasteiger charge is -2.33. The third-order valence-electron chi connectivity index (χ3n) is 3.68. The number of nitrogens with zero attached hydrogens (tertiary/aromatic N) is 2. The molecule has 0 aliphatic carbocycles. The van der Waals surface area contributed by atoms with E-state index in [2.05, 4.69) is 0 Å². The molecule has 0 spiro atoms. The van der Waals surface area contributed by atoms with Gasteiger partial charge in [0.25, 0.3) is 0 Å². The first kappa shape index (κ1) is 13.7. The predicted octanol–water partition coefficient (Wildman–Crippen LogP) is 2.30. The Bertz CT molecular complexity index is 459. The van der Waals surface area contributed by atoms with E-state index < -0.39 is 16.4 Å². The van der Waals surface area contributed by atoms with Crippen molar-refractivity contribution < 1.29 is 9.31 Å². The van der Waals surface area contributed by atoms with E-state index in [1.807, 2.05) is 4.90 Å². The van der Waals surface area contributed by atoms with Crippen molar-refractivity contribution in [2.75, 3.05) is 24.5 Å². The van der Waals surface area contributed by atoms with E-state index in [4.69, 9.17) is 5.73 Å². The second kappa shape index (κ2) is 5.97. The van der Waals surface area contributed by atoms with Crippen LogP contribution in [0, 0.1) is 21.8 Å². The number of benzene rings is 1. The van der Waals surface area contributed by atoms with E-state index in [0.717, 1.165) is 38.4 Å². The van der Waals surface area contributed by atoms with Crippen molar-refractivity contribution in [3.8, 4) is 0 Å². The number of piperidine rings is 1. The molecule has 19 heavy (non-hydrogen) atoms. The molecule has 0 bridgehead atoms. The van der Waals surface area contributed by atoms with Gasteiger partial charge in [-0.3, -0.25) is 10.1 Å². The SMILES string of the molecule is NCCC1CCN(c2cccc(F)c2[N+](=O)[O-])CC1. The van der Waals surface area contributed by atoms with Gasteiger partial charge in [-0.05, 0) is 43.9 Å². The van der Waals surface area contributed by atoms with Crippen molar-refractivity contribution in [3.05, 3.63) is 34.1 Å². The van der Waals surface area contributed by atoms with Gasteiger partial charge in [0.2, 0.25) is 5.82 Å². The highest BCUT2D eigenvalue weighted by Crippen LogP contribution is 2.33. The molecule has 0 radical (unpaired) electrons. The lowest BCUT2D eigenvalue weighted by molar-refractivity contribution is -0.386. The summed E-state index contributed by atoms with van der Waals surface area (Å²) in [4.78, 5) is 12.2. The molecule has 1 heterocycles. The van der Waals surface area contributed by atoms with Crippen molar-refractivity contribution in [1.29, 1.82) is 0 Å². The number of nitro benzene ring substituents is 1. The highest BCUT2D eigenvalue weighted by Gasteiger charge is 2.27. The zero-order chi connectivity index (χ0) is 13.8. The van der Waals surface area contributed by atoms with Crippen molar-refractivity contribution in [2.24, 2.45) is 11.7 Å². The minimum absolute atomic E-state index is 0.385. The summed E-state index contributed by atoms with van der Waals surface area (Å²) in [7, 11) is 0. The molecule has 1 aromatic rings. The smallest absolute Gasteiger partial charge is 0.327 e. The Morgan fingerprint density at radius 1 is 1.42 bits per heavy atom. The lowest BCUT2D eigenvalue weighted by Crippen LogP contribution is -2.34. The third kappa shape index (κ3) is 3.01. The van der Waals surface area contributed by atoms with Crippen LogP contribution in [0.5, 0.6) is 0 Å². The van der Waals surface area contributed by atoms with Gasteiger partial charge in [0.05, 0.1) is 4.92 Å². The largest absolute Gasteiger partial charge is 0.366 e. The van der Waals surface area contributed by atoms with Gasteiger partial charge in [0.1, 0.15) is 5.69 Å². The molecule has 0 atom stereocenters. The summed E-state index contributed by atoms with van der Waals surface area (Å²) in [6.45, 7) is 2.11. The maximum absolute atomic E-state index is 13.6. The van der Waals surface area contributed by atoms with Crippen LogP contribution in [0.2, 0.25) is 0 Å². The summed E-state index contributed by atoms with van der Waals surface area (Å²) in [6.07, 6.45) is 2.88. The summed E-state index contributed by atoms with van der Waals surface area (Å²) in [5, 5.41) is 11.0. The highest BCUT2D eigenvalue weighted by molar-refractivity contribution is 5.64. The maximum Gasteiger partial charge on any atom is 0.327 e. The summed E-state index contributed by atoms with van der Waals surface area (Å²) >= 11 is 0. The Morgan fingerprint density at radius 3 is 2.68 bits per heavy atom. The van der Waals surface area contributed by atoms with Crippen LogP contribution in [0.1, 0.15) is 19.3 Å². The van der Waals surface area contributed by atoms with Crippen LogP contribution in [0.4, 0.5) is 15.8 Å². The average molecular weight is 267 g/mol. The molecule has 1 aliphatic rings. The van der Waals surface area contributed by atoms with Crippen molar-refractivity contribution >= 4 is 11.4 Å². The van der Waals surface area contributed by atoms with E-state index >= 15 is 0 Å². The Kier molecular flexibility index (Phi) is 4.31. The molecule has 0 aromatic heterocycles. The van der Waals surface area contributed by atoms with Crippen molar-refractivity contribution in [2.45, 2.75) is 19.3 Å². The van der Waals surface area contributed by atoms with Crippen LogP contribution in [0.3, 0.4) is 0 Å². The molecule has 0 saturated carbocycles. The van der Waals surface area contributed by atoms with E-state index in [1.54, 1.807) is 6.07 Å². The van der Waals surface area contributed by atoms with Gasteiger partial charge in [-0.15, -0.1) is 0 Å². The van der Waals surface area contributed by atoms with E-state index in [9.17, 15) is 14.5 Å². The molecule has 1 fully saturated rings. The number of nitro groups is 1. The van der Waals surface area contributed by atoms with E-state index in [0.29, 0.717) is 18.2 Å². The number of nitrogens with two attached hydrogens (primary N) is 1. The Morgan fingerprint density at radius 2 is 2.11 bits per heavy atom.